The van der Waals surface area contributed by atoms with Crippen LogP contribution in [0, 0.1) is 0 Å². The van der Waals surface area contributed by atoms with E-state index in [9.17, 15) is 4.79 Å². The number of aromatic carboxylic acids is 1. The van der Waals surface area contributed by atoms with Crippen molar-refractivity contribution in [3.63, 3.8) is 0 Å². The van der Waals surface area contributed by atoms with Crippen molar-refractivity contribution in [2.75, 3.05) is 24.0 Å². The van der Waals surface area contributed by atoms with E-state index in [1.165, 1.54) is 6.33 Å². The van der Waals surface area contributed by atoms with Gasteiger partial charge in [0.05, 0.1) is 11.1 Å². The molecule has 0 aliphatic carbocycles. The van der Waals surface area contributed by atoms with Gasteiger partial charge in [-0.15, -0.1) is 0 Å². The molecule has 0 aliphatic heterocycles. The van der Waals surface area contributed by atoms with Crippen molar-refractivity contribution in [1.29, 1.82) is 0 Å². The number of fused-ring (bicyclic) bond motifs is 1. The van der Waals surface area contributed by atoms with Crippen molar-refractivity contribution < 1.29 is 9.90 Å². The quantitative estimate of drug-likeness (QED) is 0.885. The van der Waals surface area contributed by atoms with Crippen molar-refractivity contribution in [3.05, 3.63) is 30.1 Å². The van der Waals surface area contributed by atoms with Crippen LogP contribution >= 0.6 is 11.8 Å². The lowest BCUT2D eigenvalue weighted by atomic mass is 10.1. The molecule has 0 amide bonds. The summed E-state index contributed by atoms with van der Waals surface area (Å²) in [7, 11) is 2.03. The molecule has 0 fully saturated rings. The Morgan fingerprint density at radius 3 is 2.81 bits per heavy atom. The molecule has 1 aromatic heterocycles. The molecule has 0 spiro atoms. The van der Waals surface area contributed by atoms with Gasteiger partial charge in [0.1, 0.15) is 12.1 Å². The zero-order valence-corrected chi connectivity index (χ0v) is 13.2. The van der Waals surface area contributed by atoms with Crippen LogP contribution in [0.1, 0.15) is 23.7 Å². The van der Waals surface area contributed by atoms with Crippen LogP contribution < -0.4 is 4.90 Å². The number of benzene rings is 1. The van der Waals surface area contributed by atoms with E-state index < -0.39 is 5.97 Å². The van der Waals surface area contributed by atoms with Crippen LogP contribution in [0.4, 0.5) is 5.82 Å². The van der Waals surface area contributed by atoms with E-state index in [4.69, 9.17) is 5.11 Å². The highest BCUT2D eigenvalue weighted by Crippen LogP contribution is 2.25. The van der Waals surface area contributed by atoms with E-state index in [0.717, 1.165) is 23.4 Å². The van der Waals surface area contributed by atoms with Gasteiger partial charge in [0.2, 0.25) is 0 Å². The average molecular weight is 305 g/mol. The average Bonchev–Trinajstić information content (AvgIpc) is 2.50. The standard InChI is InChI=1S/C15H19N3O2S/c1-4-11(8-21-3)18(2)14-12-6-5-10(15(19)20)7-13(12)16-9-17-14/h5-7,9,11H,4,8H2,1-3H3,(H,19,20). The normalized spacial score (nSPS) is 12.3. The Hall–Kier alpha value is -1.82. The lowest BCUT2D eigenvalue weighted by Gasteiger charge is -2.28. The number of hydrogen-bond donors (Lipinski definition) is 1. The summed E-state index contributed by atoms with van der Waals surface area (Å²) in [5, 5.41) is 9.94. The zero-order chi connectivity index (χ0) is 15.4. The smallest absolute Gasteiger partial charge is 0.335 e. The molecule has 1 unspecified atom stereocenters. The summed E-state index contributed by atoms with van der Waals surface area (Å²) < 4.78 is 0. The molecular formula is C15H19N3O2S. The van der Waals surface area contributed by atoms with Crippen LogP contribution in [0.3, 0.4) is 0 Å². The van der Waals surface area contributed by atoms with E-state index in [2.05, 4.69) is 28.0 Å². The van der Waals surface area contributed by atoms with Crippen molar-refractivity contribution in [1.82, 2.24) is 9.97 Å². The van der Waals surface area contributed by atoms with Gasteiger partial charge in [-0.05, 0) is 30.9 Å². The summed E-state index contributed by atoms with van der Waals surface area (Å²) in [4.78, 5) is 21.8. The zero-order valence-electron chi connectivity index (χ0n) is 12.4. The Morgan fingerprint density at radius 1 is 1.43 bits per heavy atom. The van der Waals surface area contributed by atoms with Gasteiger partial charge in [0.25, 0.3) is 0 Å². The molecule has 0 aliphatic rings. The summed E-state index contributed by atoms with van der Waals surface area (Å²) in [5.41, 5.74) is 0.900. The van der Waals surface area contributed by atoms with Gasteiger partial charge in [0.15, 0.2) is 0 Å². The minimum absolute atomic E-state index is 0.242. The largest absolute Gasteiger partial charge is 0.478 e. The fourth-order valence-corrected chi connectivity index (χ4v) is 3.17. The Balaban J connectivity index is 2.46. The van der Waals surface area contributed by atoms with Crippen molar-refractivity contribution >= 4 is 34.5 Å². The Labute approximate surface area is 128 Å². The second-order valence-corrected chi connectivity index (χ2v) is 5.77. The summed E-state index contributed by atoms with van der Waals surface area (Å²) in [6.45, 7) is 2.16. The minimum atomic E-state index is -0.945. The number of hydrogen-bond acceptors (Lipinski definition) is 5. The Morgan fingerprint density at radius 2 is 2.19 bits per heavy atom. The van der Waals surface area contributed by atoms with Crippen LogP contribution in [0.5, 0.6) is 0 Å². The molecule has 1 N–H and O–H groups in total. The third-order valence-electron chi connectivity index (χ3n) is 3.57. The number of anilines is 1. The maximum atomic E-state index is 11.0. The minimum Gasteiger partial charge on any atom is -0.478 e. The number of rotatable bonds is 6. The molecule has 112 valence electrons. The number of carboxylic acid groups (broad SMARTS) is 1. The van der Waals surface area contributed by atoms with Crippen molar-refractivity contribution in [3.8, 4) is 0 Å². The van der Waals surface area contributed by atoms with E-state index in [1.54, 1.807) is 30.0 Å². The lowest BCUT2D eigenvalue weighted by Crippen LogP contribution is -2.33. The topological polar surface area (TPSA) is 66.3 Å². The molecule has 0 bridgehead atoms. The maximum absolute atomic E-state index is 11.0. The Kier molecular flexibility index (Phi) is 5.01. The van der Waals surface area contributed by atoms with Crippen molar-refractivity contribution in [2.24, 2.45) is 0 Å². The molecule has 0 saturated heterocycles. The SMILES string of the molecule is CCC(CSC)N(C)c1ncnc2cc(C(=O)O)ccc12. The predicted octanol–water partition coefficient (Wildman–Crippen LogP) is 2.91. The molecule has 1 heterocycles. The second kappa shape index (κ2) is 6.76. The van der Waals surface area contributed by atoms with Gasteiger partial charge in [-0.1, -0.05) is 6.92 Å². The van der Waals surface area contributed by atoms with Crippen LogP contribution in [-0.2, 0) is 0 Å². The summed E-state index contributed by atoms with van der Waals surface area (Å²) in [6, 6.07) is 5.36. The molecule has 21 heavy (non-hydrogen) atoms. The second-order valence-electron chi connectivity index (χ2n) is 4.86. The van der Waals surface area contributed by atoms with Crippen LogP contribution in [0.2, 0.25) is 0 Å². The summed E-state index contributed by atoms with van der Waals surface area (Å²) >= 11 is 1.81. The molecule has 6 heteroatoms. The molecule has 5 nitrogen and oxygen atoms in total. The number of aromatic nitrogens is 2. The molecule has 1 aromatic carbocycles. The van der Waals surface area contributed by atoms with Gasteiger partial charge in [0, 0.05) is 24.2 Å². The van der Waals surface area contributed by atoms with E-state index in [0.29, 0.717) is 11.6 Å². The van der Waals surface area contributed by atoms with Gasteiger partial charge in [-0.25, -0.2) is 14.8 Å². The summed E-state index contributed by atoms with van der Waals surface area (Å²) in [6.07, 6.45) is 4.61. The fourth-order valence-electron chi connectivity index (χ4n) is 2.33. The maximum Gasteiger partial charge on any atom is 0.335 e. The van der Waals surface area contributed by atoms with Gasteiger partial charge in [-0.3, -0.25) is 0 Å². The first kappa shape index (κ1) is 15.6. The fraction of sp³-hybridized carbons (Fsp3) is 0.400. The highest BCUT2D eigenvalue weighted by atomic mass is 32.2. The highest BCUT2D eigenvalue weighted by molar-refractivity contribution is 7.98. The summed E-state index contributed by atoms with van der Waals surface area (Å²) in [5.74, 6) is 0.920. The molecule has 0 radical (unpaired) electrons. The van der Waals surface area contributed by atoms with E-state index >= 15 is 0 Å². The molecule has 0 saturated carbocycles. The number of carboxylic acids is 1. The van der Waals surface area contributed by atoms with E-state index in [-0.39, 0.29) is 5.56 Å². The van der Waals surface area contributed by atoms with Crippen LogP contribution in [-0.4, -0.2) is 46.1 Å². The van der Waals surface area contributed by atoms with Gasteiger partial charge >= 0.3 is 5.97 Å². The molecular weight excluding hydrogens is 286 g/mol. The van der Waals surface area contributed by atoms with Gasteiger partial charge < -0.3 is 10.0 Å². The van der Waals surface area contributed by atoms with Crippen molar-refractivity contribution in [2.45, 2.75) is 19.4 Å². The lowest BCUT2D eigenvalue weighted by molar-refractivity contribution is 0.0697. The van der Waals surface area contributed by atoms with Gasteiger partial charge in [-0.2, -0.15) is 11.8 Å². The first-order valence-corrected chi connectivity index (χ1v) is 8.17. The molecule has 2 rings (SSSR count). The Bertz CT molecular complexity index is 648. The number of nitrogens with zero attached hydrogens (tertiary/aromatic N) is 3. The highest BCUT2D eigenvalue weighted by Gasteiger charge is 2.17. The number of thioether (sulfide) groups is 1. The van der Waals surface area contributed by atoms with E-state index in [1.807, 2.05) is 7.05 Å². The first-order valence-electron chi connectivity index (χ1n) is 6.78. The molecule has 2 aromatic rings. The van der Waals surface area contributed by atoms with Crippen LogP contribution in [0.15, 0.2) is 24.5 Å². The number of carbonyl (C=O) groups is 1. The monoisotopic (exact) mass is 305 g/mol. The van der Waals surface area contributed by atoms with Crippen LogP contribution in [0.25, 0.3) is 10.9 Å². The third kappa shape index (κ3) is 3.26. The predicted molar refractivity (Wildman–Crippen MR) is 87.4 cm³/mol. The molecule has 1 atom stereocenters. The first-order chi connectivity index (χ1) is 10.1. The third-order valence-corrected chi connectivity index (χ3v) is 4.29.